The number of alkyl halides is 4. The van der Waals surface area contributed by atoms with Crippen LogP contribution in [0, 0.1) is 0 Å². The molecule has 0 radical (unpaired) electrons. The third-order valence-electron chi connectivity index (χ3n) is 0.663. The molecule has 0 aromatic carbocycles. The van der Waals surface area contributed by atoms with E-state index in [4.69, 9.17) is 0 Å². The van der Waals surface area contributed by atoms with Crippen LogP contribution in [0.25, 0.3) is 0 Å². The van der Waals surface area contributed by atoms with Gasteiger partial charge in [0.15, 0.2) is 6.61 Å². The number of ether oxygens (including phenoxy) is 1. The highest BCUT2D eigenvalue weighted by molar-refractivity contribution is 5.37. The van der Waals surface area contributed by atoms with Crippen LogP contribution in [0.5, 0.6) is 0 Å². The van der Waals surface area contributed by atoms with E-state index in [1.807, 2.05) is 0 Å². The van der Waals surface area contributed by atoms with Crippen LogP contribution in [0.2, 0.25) is 0 Å². The summed E-state index contributed by atoms with van der Waals surface area (Å²) in [6.45, 7) is -1.88. The predicted octanol–water partition coefficient (Wildman–Crippen LogP) is 1.06. The molecule has 0 fully saturated rings. The molecule has 0 saturated carbocycles. The van der Waals surface area contributed by atoms with Crippen molar-refractivity contribution in [1.29, 1.82) is 0 Å². The molecular formula is C4H4F4O2. The van der Waals surface area contributed by atoms with E-state index in [9.17, 15) is 22.4 Å². The molecule has 2 nitrogen and oxygen atoms in total. The average molecular weight is 160 g/mol. The Morgan fingerprint density at radius 1 is 1.50 bits per heavy atom. The lowest BCUT2D eigenvalue weighted by Gasteiger charge is -2.12. The molecule has 0 rings (SSSR count). The maximum Gasteiger partial charge on any atom is 0.340 e. The SMILES string of the molecule is O=COCC(F)(F)C(F)F. The molecule has 0 bridgehead atoms. The van der Waals surface area contributed by atoms with Gasteiger partial charge in [0.05, 0.1) is 0 Å². The minimum Gasteiger partial charge on any atom is -0.461 e. The zero-order chi connectivity index (χ0) is 8.20. The summed E-state index contributed by atoms with van der Waals surface area (Å²) >= 11 is 0. The second-order valence-corrected chi connectivity index (χ2v) is 1.47. The largest absolute Gasteiger partial charge is 0.461 e. The Morgan fingerprint density at radius 2 is 2.00 bits per heavy atom. The van der Waals surface area contributed by atoms with Crippen molar-refractivity contribution >= 4 is 6.47 Å². The Kier molecular flexibility index (Phi) is 3.11. The van der Waals surface area contributed by atoms with Gasteiger partial charge in [-0.3, -0.25) is 4.79 Å². The van der Waals surface area contributed by atoms with Crippen molar-refractivity contribution in [2.45, 2.75) is 12.3 Å². The molecule has 0 aromatic rings. The van der Waals surface area contributed by atoms with Crippen molar-refractivity contribution in [3.8, 4) is 0 Å². The molecule has 0 aliphatic rings. The van der Waals surface area contributed by atoms with Crippen LogP contribution in [-0.2, 0) is 9.53 Å². The molecular weight excluding hydrogens is 156 g/mol. The molecule has 0 aliphatic carbocycles. The van der Waals surface area contributed by atoms with Crippen molar-refractivity contribution in [3.63, 3.8) is 0 Å². The quantitative estimate of drug-likeness (QED) is 0.454. The van der Waals surface area contributed by atoms with Crippen molar-refractivity contribution in [1.82, 2.24) is 0 Å². The van der Waals surface area contributed by atoms with E-state index < -0.39 is 19.0 Å². The fourth-order valence-electron chi connectivity index (χ4n) is 0.208. The number of carbonyl (C=O) groups excluding carboxylic acids is 1. The van der Waals surface area contributed by atoms with Crippen LogP contribution in [0.4, 0.5) is 17.6 Å². The molecule has 10 heavy (non-hydrogen) atoms. The lowest BCUT2D eigenvalue weighted by atomic mass is 10.4. The van der Waals surface area contributed by atoms with Crippen molar-refractivity contribution in [3.05, 3.63) is 0 Å². The summed E-state index contributed by atoms with van der Waals surface area (Å²) < 4.78 is 49.2. The van der Waals surface area contributed by atoms with Gasteiger partial charge in [0.25, 0.3) is 6.47 Å². The molecule has 0 aliphatic heterocycles. The number of hydrogen-bond donors (Lipinski definition) is 0. The van der Waals surface area contributed by atoms with E-state index in [2.05, 4.69) is 4.74 Å². The molecule has 0 atom stereocenters. The molecule has 0 heterocycles. The van der Waals surface area contributed by atoms with Crippen molar-refractivity contribution < 1.29 is 27.1 Å². The van der Waals surface area contributed by atoms with Crippen LogP contribution in [0.3, 0.4) is 0 Å². The van der Waals surface area contributed by atoms with Gasteiger partial charge < -0.3 is 4.74 Å². The van der Waals surface area contributed by atoms with Crippen LogP contribution >= 0.6 is 0 Å². The van der Waals surface area contributed by atoms with Crippen molar-refractivity contribution in [2.24, 2.45) is 0 Å². The summed E-state index contributed by atoms with van der Waals surface area (Å²) in [5.41, 5.74) is 0. The minimum absolute atomic E-state index is 0.309. The first-order chi connectivity index (χ1) is 4.50. The van der Waals surface area contributed by atoms with Gasteiger partial charge in [0.2, 0.25) is 0 Å². The zero-order valence-corrected chi connectivity index (χ0v) is 4.69. The monoisotopic (exact) mass is 160 g/mol. The Labute approximate surface area is 53.8 Å². The smallest absolute Gasteiger partial charge is 0.340 e. The van der Waals surface area contributed by atoms with Crippen LogP contribution in [-0.4, -0.2) is 25.4 Å². The second-order valence-electron chi connectivity index (χ2n) is 1.47. The van der Waals surface area contributed by atoms with Crippen LogP contribution in [0.15, 0.2) is 0 Å². The molecule has 0 saturated heterocycles. The summed E-state index contributed by atoms with van der Waals surface area (Å²) in [7, 11) is 0. The van der Waals surface area contributed by atoms with E-state index in [1.165, 1.54) is 0 Å². The predicted molar refractivity (Wildman–Crippen MR) is 23.0 cm³/mol. The van der Waals surface area contributed by atoms with Gasteiger partial charge in [0.1, 0.15) is 0 Å². The first-order valence-corrected chi connectivity index (χ1v) is 2.22. The molecule has 6 heteroatoms. The van der Waals surface area contributed by atoms with Crippen molar-refractivity contribution in [2.75, 3.05) is 6.61 Å². The number of rotatable bonds is 4. The van der Waals surface area contributed by atoms with E-state index in [-0.39, 0.29) is 6.47 Å². The lowest BCUT2D eigenvalue weighted by molar-refractivity contribution is -0.170. The van der Waals surface area contributed by atoms with E-state index >= 15 is 0 Å². The third kappa shape index (κ3) is 2.65. The summed E-state index contributed by atoms with van der Waals surface area (Å²) in [6.07, 6.45) is -3.80. The van der Waals surface area contributed by atoms with Gasteiger partial charge in [0, 0.05) is 0 Å². The van der Waals surface area contributed by atoms with E-state index in [0.29, 0.717) is 0 Å². The van der Waals surface area contributed by atoms with Gasteiger partial charge in [-0.1, -0.05) is 0 Å². The molecule has 0 spiro atoms. The molecule has 60 valence electrons. The van der Waals surface area contributed by atoms with Gasteiger partial charge in [-0.05, 0) is 0 Å². The highest BCUT2D eigenvalue weighted by Crippen LogP contribution is 2.22. The Bertz CT molecular complexity index is 114. The fraction of sp³-hybridized carbons (Fsp3) is 0.750. The average Bonchev–Trinajstić information content (AvgIpc) is 1.84. The van der Waals surface area contributed by atoms with Crippen LogP contribution in [0.1, 0.15) is 0 Å². The maximum atomic E-state index is 11.7. The summed E-state index contributed by atoms with van der Waals surface area (Å²) in [6, 6.07) is 0. The number of halogens is 4. The topological polar surface area (TPSA) is 26.3 Å². The van der Waals surface area contributed by atoms with Gasteiger partial charge in [-0.15, -0.1) is 0 Å². The molecule has 0 aromatic heterocycles. The summed E-state index contributed by atoms with van der Waals surface area (Å²) in [5, 5.41) is 0. The summed E-state index contributed by atoms with van der Waals surface area (Å²) in [4.78, 5) is 9.27. The Balaban J connectivity index is 3.74. The van der Waals surface area contributed by atoms with Gasteiger partial charge in [-0.25, -0.2) is 8.78 Å². The molecule has 0 N–H and O–H groups in total. The highest BCUT2D eigenvalue weighted by atomic mass is 19.3. The second kappa shape index (κ2) is 3.38. The third-order valence-corrected chi connectivity index (χ3v) is 0.663. The molecule has 0 amide bonds. The maximum absolute atomic E-state index is 11.7. The fourth-order valence-corrected chi connectivity index (χ4v) is 0.208. The first kappa shape index (κ1) is 9.19. The summed E-state index contributed by atoms with van der Waals surface area (Å²) in [5.74, 6) is -4.24. The molecule has 0 unspecified atom stereocenters. The van der Waals surface area contributed by atoms with Gasteiger partial charge >= 0.3 is 12.3 Å². The minimum atomic E-state index is -4.24. The van der Waals surface area contributed by atoms with Crippen LogP contribution < -0.4 is 0 Å². The Morgan fingerprint density at radius 3 is 2.30 bits per heavy atom. The lowest BCUT2D eigenvalue weighted by Crippen LogP contribution is -2.32. The zero-order valence-electron chi connectivity index (χ0n) is 4.69. The first-order valence-electron chi connectivity index (χ1n) is 2.22. The van der Waals surface area contributed by atoms with E-state index in [0.717, 1.165) is 0 Å². The van der Waals surface area contributed by atoms with E-state index in [1.54, 1.807) is 0 Å². The number of carbonyl (C=O) groups is 1. The Hall–Kier alpha value is -0.810. The number of hydrogen-bond acceptors (Lipinski definition) is 2. The standard InChI is InChI=1S/C4H4F4O2/c5-3(6)4(7,8)1-10-2-9/h2-3H,1H2. The highest BCUT2D eigenvalue weighted by Gasteiger charge is 2.41. The van der Waals surface area contributed by atoms with Gasteiger partial charge in [-0.2, -0.15) is 8.78 Å². The normalized spacial score (nSPS) is 11.7.